The van der Waals surface area contributed by atoms with Gasteiger partial charge in [-0.1, -0.05) is 48.5 Å². The third kappa shape index (κ3) is 1.59. The van der Waals surface area contributed by atoms with Gasteiger partial charge in [0.2, 0.25) is 0 Å². The van der Waals surface area contributed by atoms with Crippen LogP contribution in [0.1, 0.15) is 22.3 Å². The Hall–Kier alpha value is -1.56. The van der Waals surface area contributed by atoms with Crippen molar-refractivity contribution in [2.45, 2.75) is 25.7 Å². The summed E-state index contributed by atoms with van der Waals surface area (Å²) in [7, 11) is 0. The summed E-state index contributed by atoms with van der Waals surface area (Å²) < 4.78 is 0. The van der Waals surface area contributed by atoms with Crippen LogP contribution < -0.4 is 0 Å². The van der Waals surface area contributed by atoms with Gasteiger partial charge < -0.3 is 0 Å². The summed E-state index contributed by atoms with van der Waals surface area (Å²) in [6.45, 7) is 0. The van der Waals surface area contributed by atoms with Crippen LogP contribution in [0.3, 0.4) is 0 Å². The predicted octanol–water partition coefficient (Wildman–Crippen LogP) is 3.82. The van der Waals surface area contributed by atoms with E-state index in [-0.39, 0.29) is 0 Å². The van der Waals surface area contributed by atoms with E-state index in [4.69, 9.17) is 0 Å². The van der Waals surface area contributed by atoms with Gasteiger partial charge in [0.05, 0.1) is 0 Å². The lowest BCUT2D eigenvalue weighted by atomic mass is 9.87. The summed E-state index contributed by atoms with van der Waals surface area (Å²) in [5.74, 6) is 1.74. The number of benzene rings is 2. The van der Waals surface area contributed by atoms with Crippen LogP contribution in [0.25, 0.3) is 0 Å². The quantitative estimate of drug-likeness (QED) is 0.703. The van der Waals surface area contributed by atoms with E-state index < -0.39 is 0 Å². The Balaban J connectivity index is 1.56. The van der Waals surface area contributed by atoms with Crippen molar-refractivity contribution in [1.82, 2.24) is 0 Å². The molecular formula is C18H18. The summed E-state index contributed by atoms with van der Waals surface area (Å²) in [5.41, 5.74) is 6.38. The van der Waals surface area contributed by atoms with Crippen LogP contribution in [0, 0.1) is 11.8 Å². The standard InChI is InChI=1S/C18H18/c1-2-6-14-10-17(9-13(14)5-1)18-11-15-7-3-4-8-16(15)12-18/h1-8,17-18H,9-12H2. The minimum Gasteiger partial charge on any atom is -0.0620 e. The number of rotatable bonds is 1. The van der Waals surface area contributed by atoms with Gasteiger partial charge in [0, 0.05) is 0 Å². The smallest absolute Gasteiger partial charge is 0.0242 e. The van der Waals surface area contributed by atoms with Crippen molar-refractivity contribution in [2.75, 3.05) is 0 Å². The van der Waals surface area contributed by atoms with Crippen LogP contribution >= 0.6 is 0 Å². The third-order valence-electron chi connectivity index (χ3n) is 4.83. The van der Waals surface area contributed by atoms with E-state index in [1.54, 1.807) is 22.3 Å². The molecule has 0 radical (unpaired) electrons. The highest BCUT2D eigenvalue weighted by Crippen LogP contribution is 2.38. The molecule has 4 rings (SSSR count). The molecular weight excluding hydrogens is 216 g/mol. The zero-order valence-electron chi connectivity index (χ0n) is 10.6. The van der Waals surface area contributed by atoms with Gasteiger partial charge >= 0.3 is 0 Å². The molecule has 18 heavy (non-hydrogen) atoms. The van der Waals surface area contributed by atoms with Gasteiger partial charge in [-0.25, -0.2) is 0 Å². The van der Waals surface area contributed by atoms with E-state index in [9.17, 15) is 0 Å². The normalized spacial score (nSPS) is 18.9. The van der Waals surface area contributed by atoms with Crippen LogP contribution in [0.5, 0.6) is 0 Å². The van der Waals surface area contributed by atoms with Crippen LogP contribution in [-0.4, -0.2) is 0 Å². The van der Waals surface area contributed by atoms with Gasteiger partial charge in [-0.15, -0.1) is 0 Å². The van der Waals surface area contributed by atoms with Gasteiger partial charge in [0.1, 0.15) is 0 Å². The fourth-order valence-electron chi connectivity index (χ4n) is 3.85. The molecule has 0 saturated heterocycles. The second-order valence-electron chi connectivity index (χ2n) is 5.87. The molecule has 2 aliphatic rings. The van der Waals surface area contributed by atoms with Crippen molar-refractivity contribution >= 4 is 0 Å². The first-order valence-electron chi connectivity index (χ1n) is 7.04. The second kappa shape index (κ2) is 3.98. The lowest BCUT2D eigenvalue weighted by Crippen LogP contribution is -2.15. The Bertz CT molecular complexity index is 479. The molecule has 0 atom stereocenters. The van der Waals surface area contributed by atoms with E-state index >= 15 is 0 Å². The molecule has 2 aliphatic carbocycles. The Labute approximate surface area is 109 Å². The minimum atomic E-state index is 0.870. The van der Waals surface area contributed by atoms with Crippen LogP contribution in [-0.2, 0) is 25.7 Å². The Morgan fingerprint density at radius 3 is 1.06 bits per heavy atom. The first kappa shape index (κ1) is 10.4. The first-order chi connectivity index (χ1) is 8.90. The predicted molar refractivity (Wildman–Crippen MR) is 74.7 cm³/mol. The Morgan fingerprint density at radius 2 is 0.778 bits per heavy atom. The van der Waals surface area contributed by atoms with Crippen molar-refractivity contribution in [1.29, 1.82) is 0 Å². The SMILES string of the molecule is c1ccc2c(c1)CC(C1Cc3ccccc3C1)C2. The maximum Gasteiger partial charge on any atom is -0.0242 e. The molecule has 0 heteroatoms. The molecule has 0 aromatic heterocycles. The zero-order valence-corrected chi connectivity index (χ0v) is 10.6. The number of hydrogen-bond donors (Lipinski definition) is 0. The molecule has 90 valence electrons. The first-order valence-corrected chi connectivity index (χ1v) is 7.04. The molecule has 0 saturated carbocycles. The molecule has 2 aromatic rings. The average molecular weight is 234 g/mol. The zero-order chi connectivity index (χ0) is 11.9. The molecule has 0 heterocycles. The molecule has 0 N–H and O–H groups in total. The molecule has 0 bridgehead atoms. The largest absolute Gasteiger partial charge is 0.0620 e. The maximum atomic E-state index is 2.32. The fourth-order valence-corrected chi connectivity index (χ4v) is 3.85. The van der Waals surface area contributed by atoms with E-state index in [2.05, 4.69) is 48.5 Å². The van der Waals surface area contributed by atoms with Crippen LogP contribution in [0.15, 0.2) is 48.5 Å². The third-order valence-corrected chi connectivity index (χ3v) is 4.83. The topological polar surface area (TPSA) is 0 Å². The highest BCUT2D eigenvalue weighted by Gasteiger charge is 2.32. The molecule has 0 unspecified atom stereocenters. The minimum absolute atomic E-state index is 0.870. The highest BCUT2D eigenvalue weighted by atomic mass is 14.4. The maximum absolute atomic E-state index is 2.32. The summed E-state index contributed by atoms with van der Waals surface area (Å²) in [6.07, 6.45) is 5.20. The van der Waals surface area contributed by atoms with E-state index in [1.165, 1.54) is 25.7 Å². The van der Waals surface area contributed by atoms with Crippen molar-refractivity contribution in [3.8, 4) is 0 Å². The summed E-state index contributed by atoms with van der Waals surface area (Å²) in [6, 6.07) is 18.0. The lowest BCUT2D eigenvalue weighted by molar-refractivity contribution is 0.360. The molecule has 0 amide bonds. The van der Waals surface area contributed by atoms with Crippen molar-refractivity contribution in [3.63, 3.8) is 0 Å². The van der Waals surface area contributed by atoms with Crippen LogP contribution in [0.4, 0.5) is 0 Å². The molecule has 0 aliphatic heterocycles. The van der Waals surface area contributed by atoms with Gasteiger partial charge in [-0.3, -0.25) is 0 Å². The van der Waals surface area contributed by atoms with Gasteiger partial charge in [-0.05, 0) is 59.8 Å². The average Bonchev–Trinajstić information content (AvgIpc) is 3.02. The molecule has 0 spiro atoms. The van der Waals surface area contributed by atoms with Gasteiger partial charge in [0.15, 0.2) is 0 Å². The monoisotopic (exact) mass is 234 g/mol. The van der Waals surface area contributed by atoms with E-state index in [0.29, 0.717) is 0 Å². The Morgan fingerprint density at radius 1 is 0.500 bits per heavy atom. The molecule has 0 fully saturated rings. The summed E-state index contributed by atoms with van der Waals surface area (Å²) in [4.78, 5) is 0. The van der Waals surface area contributed by atoms with Crippen molar-refractivity contribution in [3.05, 3.63) is 70.8 Å². The highest BCUT2D eigenvalue weighted by molar-refractivity contribution is 5.36. The lowest BCUT2D eigenvalue weighted by Gasteiger charge is -2.17. The summed E-state index contributed by atoms with van der Waals surface area (Å²) >= 11 is 0. The Kier molecular flexibility index (Phi) is 2.29. The second-order valence-corrected chi connectivity index (χ2v) is 5.87. The van der Waals surface area contributed by atoms with Crippen molar-refractivity contribution in [2.24, 2.45) is 11.8 Å². The van der Waals surface area contributed by atoms with E-state index in [0.717, 1.165) is 11.8 Å². The summed E-state index contributed by atoms with van der Waals surface area (Å²) in [5, 5.41) is 0. The fraction of sp³-hybridized carbons (Fsp3) is 0.333. The van der Waals surface area contributed by atoms with Gasteiger partial charge in [-0.2, -0.15) is 0 Å². The van der Waals surface area contributed by atoms with Gasteiger partial charge in [0.25, 0.3) is 0 Å². The number of fused-ring (bicyclic) bond motifs is 2. The number of hydrogen-bond acceptors (Lipinski definition) is 0. The van der Waals surface area contributed by atoms with Crippen LogP contribution in [0.2, 0.25) is 0 Å². The molecule has 0 nitrogen and oxygen atoms in total. The van der Waals surface area contributed by atoms with E-state index in [1.807, 2.05) is 0 Å². The molecule has 2 aromatic carbocycles. The van der Waals surface area contributed by atoms with Crippen molar-refractivity contribution < 1.29 is 0 Å².